The molecule has 1 heterocycles. The molecule has 5 nitrogen and oxygen atoms in total. The van der Waals surface area contributed by atoms with Crippen molar-refractivity contribution in [2.24, 2.45) is 10.3 Å². The smallest absolute Gasteiger partial charge is 0.105 e. The molecule has 0 radical (unpaired) electrons. The largest absolute Gasteiger partial charge is 0.411 e. The Morgan fingerprint density at radius 1 is 0.833 bits per heavy atom. The van der Waals surface area contributed by atoms with Crippen molar-refractivity contribution in [1.29, 1.82) is 0 Å². The second-order valence-electron chi connectivity index (χ2n) is 4.80. The molecule has 5 heteroatoms. The van der Waals surface area contributed by atoms with Crippen molar-refractivity contribution >= 4 is 11.4 Å². The van der Waals surface area contributed by atoms with E-state index < -0.39 is 0 Å². The molecule has 0 aliphatic heterocycles. The number of aryl methyl sites for hydroxylation is 2. The summed E-state index contributed by atoms with van der Waals surface area (Å²) >= 11 is 0. The minimum absolute atomic E-state index is 0.641. The Balaban J connectivity index is 2.18. The number of nitrogens with zero attached hydrogens (tertiary/aromatic N) is 3. The molecule has 0 amide bonds. The van der Waals surface area contributed by atoms with Crippen LogP contribution in [0.2, 0.25) is 0 Å². The van der Waals surface area contributed by atoms with E-state index in [-0.39, 0.29) is 0 Å². The van der Waals surface area contributed by atoms with Gasteiger partial charge in [0.25, 0.3) is 0 Å². The third-order valence-electron chi connectivity index (χ3n) is 3.69. The van der Waals surface area contributed by atoms with Crippen LogP contribution in [-0.2, 0) is 12.8 Å². The molecule has 1 aromatic rings. The van der Waals surface area contributed by atoms with E-state index in [0.29, 0.717) is 11.4 Å². The highest BCUT2D eigenvalue weighted by Gasteiger charge is 2.24. The van der Waals surface area contributed by atoms with Crippen molar-refractivity contribution in [3.8, 4) is 0 Å². The van der Waals surface area contributed by atoms with Gasteiger partial charge in [0.15, 0.2) is 0 Å². The number of aromatic nitrogens is 1. The highest BCUT2D eigenvalue weighted by atomic mass is 16.4. The highest BCUT2D eigenvalue weighted by molar-refractivity contribution is 6.04. The Hall–Kier alpha value is -1.91. The zero-order chi connectivity index (χ0) is 12.5. The van der Waals surface area contributed by atoms with Crippen molar-refractivity contribution < 1.29 is 10.4 Å². The van der Waals surface area contributed by atoms with Gasteiger partial charge in [-0.1, -0.05) is 16.4 Å². The maximum atomic E-state index is 9.03. The van der Waals surface area contributed by atoms with Crippen molar-refractivity contribution in [2.45, 2.75) is 38.5 Å². The van der Waals surface area contributed by atoms with E-state index in [2.05, 4.69) is 21.4 Å². The number of fused-ring (bicyclic) bond motifs is 2. The number of hydrogen-bond donors (Lipinski definition) is 2. The standard InChI is InChI=1S/C13H15N3O2/c17-15-10-5-1-3-8-7-9-4-2-6-11(16-18)13(9)14-12(8)10/h7,17-18H,1-6H2/b15-10+,16-11+. The van der Waals surface area contributed by atoms with Crippen LogP contribution in [0.15, 0.2) is 16.4 Å². The van der Waals surface area contributed by atoms with Gasteiger partial charge < -0.3 is 10.4 Å². The van der Waals surface area contributed by atoms with Crippen LogP contribution in [0.1, 0.15) is 48.2 Å². The van der Waals surface area contributed by atoms with E-state index >= 15 is 0 Å². The Kier molecular flexibility index (Phi) is 2.74. The summed E-state index contributed by atoms with van der Waals surface area (Å²) in [5.41, 5.74) is 5.11. The summed E-state index contributed by atoms with van der Waals surface area (Å²) < 4.78 is 0. The van der Waals surface area contributed by atoms with Gasteiger partial charge in [-0.15, -0.1) is 0 Å². The Morgan fingerprint density at radius 3 is 1.78 bits per heavy atom. The van der Waals surface area contributed by atoms with E-state index in [1.807, 2.05) is 0 Å². The molecule has 0 saturated heterocycles. The second-order valence-corrected chi connectivity index (χ2v) is 4.80. The molecular weight excluding hydrogens is 230 g/mol. The lowest BCUT2D eigenvalue weighted by molar-refractivity contribution is 0.317. The Morgan fingerprint density at radius 2 is 1.33 bits per heavy atom. The van der Waals surface area contributed by atoms with E-state index in [4.69, 9.17) is 10.4 Å². The van der Waals surface area contributed by atoms with Gasteiger partial charge in [0.1, 0.15) is 11.4 Å². The van der Waals surface area contributed by atoms with E-state index in [0.717, 1.165) is 61.0 Å². The quantitative estimate of drug-likeness (QED) is 0.542. The molecule has 1 aromatic heterocycles. The average Bonchev–Trinajstić information content (AvgIpc) is 2.43. The molecule has 0 atom stereocenters. The molecule has 0 unspecified atom stereocenters. The highest BCUT2D eigenvalue weighted by Crippen LogP contribution is 2.27. The van der Waals surface area contributed by atoms with Crippen LogP contribution in [-0.4, -0.2) is 26.8 Å². The summed E-state index contributed by atoms with van der Waals surface area (Å²) in [6.45, 7) is 0. The van der Waals surface area contributed by atoms with Crippen LogP contribution < -0.4 is 0 Å². The van der Waals surface area contributed by atoms with Gasteiger partial charge in [-0.25, -0.2) is 4.98 Å². The fourth-order valence-electron chi connectivity index (χ4n) is 2.81. The van der Waals surface area contributed by atoms with E-state index in [1.165, 1.54) is 0 Å². The lowest BCUT2D eigenvalue weighted by Gasteiger charge is -2.22. The number of pyridine rings is 1. The summed E-state index contributed by atoms with van der Waals surface area (Å²) in [7, 11) is 0. The van der Waals surface area contributed by atoms with Crippen LogP contribution in [0.25, 0.3) is 0 Å². The van der Waals surface area contributed by atoms with Gasteiger partial charge in [0.2, 0.25) is 0 Å². The molecule has 0 fully saturated rings. The van der Waals surface area contributed by atoms with Gasteiger partial charge in [0, 0.05) is 0 Å². The van der Waals surface area contributed by atoms with Gasteiger partial charge >= 0.3 is 0 Å². The fourth-order valence-corrected chi connectivity index (χ4v) is 2.81. The molecule has 2 N–H and O–H groups in total. The predicted molar refractivity (Wildman–Crippen MR) is 66.8 cm³/mol. The SMILES string of the molecule is O/N=C1\CCCc2cc3c(nc21)/C(=N/O)CCC3. The molecule has 0 spiro atoms. The van der Waals surface area contributed by atoms with Crippen molar-refractivity contribution in [2.75, 3.05) is 0 Å². The summed E-state index contributed by atoms with van der Waals surface area (Å²) in [6.07, 6.45) is 5.43. The van der Waals surface area contributed by atoms with Crippen LogP contribution in [0.4, 0.5) is 0 Å². The van der Waals surface area contributed by atoms with Crippen molar-refractivity contribution in [3.63, 3.8) is 0 Å². The molecule has 0 aromatic carbocycles. The predicted octanol–water partition coefficient (Wildman–Crippen LogP) is 2.11. The lowest BCUT2D eigenvalue weighted by Crippen LogP contribution is -2.21. The maximum absolute atomic E-state index is 9.03. The first-order chi connectivity index (χ1) is 8.83. The molecule has 0 bridgehead atoms. The maximum Gasteiger partial charge on any atom is 0.105 e. The second kappa shape index (κ2) is 4.40. The zero-order valence-corrected chi connectivity index (χ0v) is 10.1. The van der Waals surface area contributed by atoms with Gasteiger partial charge in [-0.2, -0.15) is 0 Å². The normalized spacial score (nSPS) is 22.9. The molecule has 2 aliphatic carbocycles. The number of oxime groups is 2. The van der Waals surface area contributed by atoms with E-state index in [9.17, 15) is 0 Å². The molecule has 2 aliphatic rings. The monoisotopic (exact) mass is 245 g/mol. The summed E-state index contributed by atoms with van der Waals surface area (Å²) in [5.74, 6) is 0. The lowest BCUT2D eigenvalue weighted by atomic mass is 9.88. The molecule has 3 rings (SSSR count). The topological polar surface area (TPSA) is 78.1 Å². The van der Waals surface area contributed by atoms with Crippen LogP contribution in [0.3, 0.4) is 0 Å². The van der Waals surface area contributed by atoms with E-state index in [1.54, 1.807) is 0 Å². The van der Waals surface area contributed by atoms with Gasteiger partial charge in [-0.05, 0) is 49.7 Å². The minimum atomic E-state index is 0.641. The first-order valence-electron chi connectivity index (χ1n) is 6.29. The van der Waals surface area contributed by atoms with Gasteiger partial charge in [-0.3, -0.25) is 0 Å². The first-order valence-corrected chi connectivity index (χ1v) is 6.29. The summed E-state index contributed by atoms with van der Waals surface area (Å²) in [5, 5.41) is 24.7. The van der Waals surface area contributed by atoms with Crippen molar-refractivity contribution in [3.05, 3.63) is 28.6 Å². The van der Waals surface area contributed by atoms with Crippen LogP contribution >= 0.6 is 0 Å². The third kappa shape index (κ3) is 1.66. The molecule has 18 heavy (non-hydrogen) atoms. The zero-order valence-electron chi connectivity index (χ0n) is 10.1. The minimum Gasteiger partial charge on any atom is -0.411 e. The summed E-state index contributed by atoms with van der Waals surface area (Å²) in [4.78, 5) is 4.58. The van der Waals surface area contributed by atoms with Crippen molar-refractivity contribution in [1.82, 2.24) is 4.98 Å². The fraction of sp³-hybridized carbons (Fsp3) is 0.462. The molecule has 94 valence electrons. The number of hydrogen-bond acceptors (Lipinski definition) is 5. The Labute approximate surface area is 105 Å². The number of rotatable bonds is 0. The average molecular weight is 245 g/mol. The molecular formula is C13H15N3O2. The molecule has 0 saturated carbocycles. The van der Waals surface area contributed by atoms with Crippen LogP contribution in [0, 0.1) is 0 Å². The first kappa shape index (κ1) is 11.2. The van der Waals surface area contributed by atoms with Crippen LogP contribution in [0.5, 0.6) is 0 Å². The summed E-state index contributed by atoms with van der Waals surface area (Å²) in [6, 6.07) is 2.13. The third-order valence-corrected chi connectivity index (χ3v) is 3.69. The Bertz CT molecular complexity index is 504. The van der Waals surface area contributed by atoms with Gasteiger partial charge in [0.05, 0.1) is 11.4 Å².